The second-order valence-electron chi connectivity index (χ2n) is 5.57. The summed E-state index contributed by atoms with van der Waals surface area (Å²) in [5.41, 5.74) is 2.61. The van der Waals surface area contributed by atoms with Gasteiger partial charge < -0.3 is 9.64 Å². The van der Waals surface area contributed by atoms with Crippen molar-refractivity contribution in [3.05, 3.63) is 53.9 Å². The van der Waals surface area contributed by atoms with Crippen LogP contribution >= 0.6 is 11.3 Å². The van der Waals surface area contributed by atoms with Gasteiger partial charge >= 0.3 is 0 Å². The number of carbonyl (C=O) groups is 1. The van der Waals surface area contributed by atoms with Crippen LogP contribution in [0.15, 0.2) is 42.6 Å². The van der Waals surface area contributed by atoms with E-state index in [-0.39, 0.29) is 12.0 Å². The van der Waals surface area contributed by atoms with Crippen molar-refractivity contribution >= 4 is 27.5 Å². The lowest BCUT2D eigenvalue weighted by Gasteiger charge is -2.38. The molecule has 4 rings (SSSR count). The predicted octanol–water partition coefficient (Wildman–Crippen LogP) is 2.90. The monoisotopic (exact) mass is 325 g/mol. The summed E-state index contributed by atoms with van der Waals surface area (Å²) >= 11 is 1.55. The van der Waals surface area contributed by atoms with Crippen molar-refractivity contribution in [1.29, 1.82) is 0 Å². The fourth-order valence-electron chi connectivity index (χ4n) is 2.59. The molecule has 5 nitrogen and oxygen atoms in total. The first-order chi connectivity index (χ1) is 11.2. The molecule has 6 heteroatoms. The molecule has 1 amide bonds. The molecule has 0 aliphatic carbocycles. The Hall–Kier alpha value is -2.47. The number of nitrogens with zero attached hydrogens (tertiary/aromatic N) is 3. The average Bonchev–Trinajstić information content (AvgIpc) is 2.95. The maximum atomic E-state index is 12.2. The third-order valence-electron chi connectivity index (χ3n) is 3.89. The molecule has 116 valence electrons. The van der Waals surface area contributed by atoms with Crippen LogP contribution in [0.5, 0.6) is 5.19 Å². The first kappa shape index (κ1) is 14.1. The van der Waals surface area contributed by atoms with Gasteiger partial charge in [0.05, 0.1) is 23.3 Å². The topological polar surface area (TPSA) is 55.3 Å². The Morgan fingerprint density at radius 2 is 2.13 bits per heavy atom. The summed E-state index contributed by atoms with van der Waals surface area (Å²) in [5, 5.41) is 0.671. The van der Waals surface area contributed by atoms with Crippen LogP contribution in [0, 0.1) is 6.92 Å². The highest BCUT2D eigenvalue weighted by molar-refractivity contribution is 7.20. The number of ether oxygens (including phenoxy) is 1. The highest BCUT2D eigenvalue weighted by atomic mass is 32.1. The lowest BCUT2D eigenvalue weighted by molar-refractivity contribution is 0.0173. The number of amides is 1. The van der Waals surface area contributed by atoms with E-state index in [0.29, 0.717) is 24.0 Å². The number of rotatable bonds is 3. The van der Waals surface area contributed by atoms with Crippen molar-refractivity contribution in [3.63, 3.8) is 0 Å². The van der Waals surface area contributed by atoms with Crippen molar-refractivity contribution in [2.24, 2.45) is 0 Å². The number of likely N-dealkylation sites (tertiary alicyclic amines) is 1. The number of thiazole rings is 1. The van der Waals surface area contributed by atoms with Crippen molar-refractivity contribution in [2.75, 3.05) is 13.1 Å². The molecule has 1 aliphatic heterocycles. The van der Waals surface area contributed by atoms with E-state index in [4.69, 9.17) is 4.74 Å². The molecule has 1 aromatic carbocycles. The second kappa shape index (κ2) is 5.62. The quantitative estimate of drug-likeness (QED) is 0.743. The number of carbonyl (C=O) groups excluding carboxylic acids is 1. The Morgan fingerprint density at radius 3 is 2.87 bits per heavy atom. The fraction of sp³-hybridized carbons (Fsp3) is 0.235. The molecule has 0 radical (unpaired) electrons. The van der Waals surface area contributed by atoms with Crippen molar-refractivity contribution in [1.82, 2.24) is 14.9 Å². The zero-order valence-corrected chi connectivity index (χ0v) is 13.4. The van der Waals surface area contributed by atoms with E-state index in [1.165, 1.54) is 0 Å². The molecule has 0 N–H and O–H groups in total. The number of fused-ring (bicyclic) bond motifs is 1. The van der Waals surface area contributed by atoms with Gasteiger partial charge in [-0.05, 0) is 30.7 Å². The molecule has 0 atom stereocenters. The van der Waals surface area contributed by atoms with E-state index in [1.807, 2.05) is 31.2 Å². The number of aromatic nitrogens is 2. The normalized spacial score (nSPS) is 14.7. The van der Waals surface area contributed by atoms with E-state index in [2.05, 4.69) is 9.97 Å². The Kier molecular flexibility index (Phi) is 3.46. The Morgan fingerprint density at radius 1 is 1.26 bits per heavy atom. The molecule has 1 aliphatic rings. The Bertz CT molecular complexity index is 857. The minimum atomic E-state index is -0.0504. The largest absolute Gasteiger partial charge is 0.463 e. The van der Waals surface area contributed by atoms with Crippen LogP contribution in [0.3, 0.4) is 0 Å². The van der Waals surface area contributed by atoms with Gasteiger partial charge in [0.25, 0.3) is 11.1 Å². The number of hydrogen-bond donors (Lipinski definition) is 0. The zero-order valence-electron chi connectivity index (χ0n) is 12.6. The smallest absolute Gasteiger partial charge is 0.274 e. The molecular weight excluding hydrogens is 310 g/mol. The summed E-state index contributed by atoms with van der Waals surface area (Å²) in [7, 11) is 0. The van der Waals surface area contributed by atoms with Crippen LogP contribution in [-0.4, -0.2) is 40.0 Å². The minimum Gasteiger partial charge on any atom is -0.463 e. The van der Waals surface area contributed by atoms with Crippen LogP contribution in [0.2, 0.25) is 0 Å². The first-order valence-corrected chi connectivity index (χ1v) is 8.25. The van der Waals surface area contributed by atoms with Gasteiger partial charge in [0.15, 0.2) is 0 Å². The third kappa shape index (κ3) is 2.66. The molecular formula is C17H15N3O2S. The molecule has 3 heterocycles. The van der Waals surface area contributed by atoms with Gasteiger partial charge in [-0.2, -0.15) is 0 Å². The van der Waals surface area contributed by atoms with Gasteiger partial charge in [-0.15, -0.1) is 0 Å². The van der Waals surface area contributed by atoms with Crippen LogP contribution in [-0.2, 0) is 0 Å². The average molecular weight is 325 g/mol. The summed E-state index contributed by atoms with van der Waals surface area (Å²) < 4.78 is 7.03. The van der Waals surface area contributed by atoms with E-state index in [9.17, 15) is 4.79 Å². The number of pyridine rings is 1. The highest BCUT2D eigenvalue weighted by Crippen LogP contribution is 2.31. The zero-order chi connectivity index (χ0) is 15.8. The van der Waals surface area contributed by atoms with Crippen molar-refractivity contribution in [3.8, 4) is 5.19 Å². The second-order valence-corrected chi connectivity index (χ2v) is 6.56. The number of benzene rings is 1. The van der Waals surface area contributed by atoms with Crippen LogP contribution in [0.1, 0.15) is 16.1 Å². The van der Waals surface area contributed by atoms with Crippen LogP contribution in [0.25, 0.3) is 10.2 Å². The van der Waals surface area contributed by atoms with Crippen molar-refractivity contribution in [2.45, 2.75) is 13.0 Å². The predicted molar refractivity (Wildman–Crippen MR) is 88.9 cm³/mol. The molecule has 0 unspecified atom stereocenters. The van der Waals surface area contributed by atoms with Gasteiger partial charge in [0, 0.05) is 6.20 Å². The maximum Gasteiger partial charge on any atom is 0.274 e. The summed E-state index contributed by atoms with van der Waals surface area (Å²) in [6.07, 6.45) is 1.63. The molecule has 1 saturated heterocycles. The van der Waals surface area contributed by atoms with E-state index in [1.54, 1.807) is 34.6 Å². The molecule has 23 heavy (non-hydrogen) atoms. The first-order valence-electron chi connectivity index (χ1n) is 7.44. The van der Waals surface area contributed by atoms with Gasteiger partial charge in [0.2, 0.25) is 0 Å². The van der Waals surface area contributed by atoms with Gasteiger partial charge in [-0.3, -0.25) is 9.78 Å². The maximum absolute atomic E-state index is 12.2. The molecule has 3 aromatic rings. The Balaban J connectivity index is 1.40. The van der Waals surface area contributed by atoms with E-state index >= 15 is 0 Å². The van der Waals surface area contributed by atoms with Crippen LogP contribution < -0.4 is 4.74 Å². The minimum absolute atomic E-state index is 0.00327. The Labute approximate surface area is 137 Å². The number of para-hydroxylation sites is 1. The molecule has 1 fully saturated rings. The van der Waals surface area contributed by atoms with Gasteiger partial charge in [-0.25, -0.2) is 4.98 Å². The summed E-state index contributed by atoms with van der Waals surface area (Å²) in [6.45, 7) is 3.19. The summed E-state index contributed by atoms with van der Waals surface area (Å²) in [6, 6.07) is 11.5. The summed E-state index contributed by atoms with van der Waals surface area (Å²) in [4.78, 5) is 22.6. The van der Waals surface area contributed by atoms with Crippen molar-refractivity contribution < 1.29 is 9.53 Å². The van der Waals surface area contributed by atoms with E-state index in [0.717, 1.165) is 15.8 Å². The van der Waals surface area contributed by atoms with E-state index < -0.39 is 0 Å². The fourth-order valence-corrected chi connectivity index (χ4v) is 3.55. The van der Waals surface area contributed by atoms with Gasteiger partial charge in [0.1, 0.15) is 11.8 Å². The molecule has 0 saturated carbocycles. The SMILES string of the molecule is Cc1cccc2sc(OC3CN(C(=O)c4ccccn4)C3)nc12. The number of hydrogen-bond acceptors (Lipinski definition) is 5. The third-order valence-corrected chi connectivity index (χ3v) is 4.80. The standard InChI is InChI=1S/C17H15N3O2S/c1-11-5-4-7-14-15(11)19-17(23-14)22-12-9-20(10-12)16(21)13-6-2-3-8-18-13/h2-8,12H,9-10H2,1H3. The lowest BCUT2D eigenvalue weighted by Crippen LogP contribution is -2.56. The molecule has 2 aromatic heterocycles. The highest BCUT2D eigenvalue weighted by Gasteiger charge is 2.33. The molecule has 0 spiro atoms. The summed E-state index contributed by atoms with van der Waals surface area (Å²) in [5.74, 6) is -0.0504. The lowest BCUT2D eigenvalue weighted by atomic mass is 10.1. The number of aryl methyl sites for hydroxylation is 1. The molecule has 0 bridgehead atoms. The van der Waals surface area contributed by atoms with Gasteiger partial charge in [-0.1, -0.05) is 29.5 Å². The van der Waals surface area contributed by atoms with Crippen LogP contribution in [0.4, 0.5) is 0 Å².